The summed E-state index contributed by atoms with van der Waals surface area (Å²) in [7, 11) is 1.52. The number of rotatable bonds is 4. The first-order valence-electron chi connectivity index (χ1n) is 5.48. The van der Waals surface area contributed by atoms with Gasteiger partial charge in [-0.05, 0) is 30.7 Å². The van der Waals surface area contributed by atoms with Crippen molar-refractivity contribution in [1.29, 1.82) is 0 Å². The van der Waals surface area contributed by atoms with Crippen molar-refractivity contribution >= 4 is 12.4 Å². The molecule has 104 valence electrons. The van der Waals surface area contributed by atoms with Crippen LogP contribution in [0.1, 0.15) is 17.6 Å². The fraction of sp³-hybridized carbons (Fsp3) is 0.333. The molecule has 0 aliphatic heterocycles. The van der Waals surface area contributed by atoms with Gasteiger partial charge in [0.15, 0.2) is 0 Å². The molecule has 0 spiro atoms. The van der Waals surface area contributed by atoms with Gasteiger partial charge in [0, 0.05) is 19.2 Å². The van der Waals surface area contributed by atoms with Gasteiger partial charge in [-0.2, -0.15) is 4.98 Å². The molecule has 1 unspecified atom stereocenters. The van der Waals surface area contributed by atoms with Crippen LogP contribution in [0.4, 0.5) is 4.39 Å². The standard InChI is InChI=1S/C12H14FN3O2.ClH/c1-7-5-8(3-4-9(7)13)11-15-12(18-16-11)10(6-14)17-2;/h3-5,10H,6,14H2,1-2H3;1H. The first-order chi connectivity index (χ1) is 8.65. The van der Waals surface area contributed by atoms with Gasteiger partial charge in [-0.25, -0.2) is 4.39 Å². The van der Waals surface area contributed by atoms with Crippen LogP contribution in [0.2, 0.25) is 0 Å². The van der Waals surface area contributed by atoms with Gasteiger partial charge in [0.2, 0.25) is 5.82 Å². The number of benzene rings is 1. The zero-order chi connectivity index (χ0) is 13.1. The van der Waals surface area contributed by atoms with Crippen molar-refractivity contribution in [2.45, 2.75) is 13.0 Å². The molecule has 2 N–H and O–H groups in total. The van der Waals surface area contributed by atoms with Crippen molar-refractivity contribution in [2.75, 3.05) is 13.7 Å². The number of aromatic nitrogens is 2. The molecule has 0 amide bonds. The lowest BCUT2D eigenvalue weighted by molar-refractivity contribution is 0.0804. The lowest BCUT2D eigenvalue weighted by atomic mass is 10.1. The largest absolute Gasteiger partial charge is 0.370 e. The maximum atomic E-state index is 13.2. The highest BCUT2D eigenvalue weighted by atomic mass is 35.5. The fourth-order valence-corrected chi connectivity index (χ4v) is 1.56. The Morgan fingerprint density at radius 1 is 1.47 bits per heavy atom. The summed E-state index contributed by atoms with van der Waals surface area (Å²) in [5.74, 6) is 0.444. The molecule has 0 fully saturated rings. The molecular formula is C12H15ClFN3O2. The van der Waals surface area contributed by atoms with Crippen molar-refractivity contribution in [2.24, 2.45) is 5.73 Å². The molecule has 0 aliphatic carbocycles. The van der Waals surface area contributed by atoms with E-state index >= 15 is 0 Å². The Morgan fingerprint density at radius 3 is 2.79 bits per heavy atom. The first kappa shape index (κ1) is 15.6. The average molecular weight is 288 g/mol. The minimum atomic E-state index is -0.423. The van der Waals surface area contributed by atoms with Crippen LogP contribution in [0.3, 0.4) is 0 Å². The smallest absolute Gasteiger partial charge is 0.257 e. The Bertz CT molecular complexity index is 544. The van der Waals surface area contributed by atoms with Crippen molar-refractivity contribution in [3.63, 3.8) is 0 Å². The van der Waals surface area contributed by atoms with Gasteiger partial charge >= 0.3 is 0 Å². The fourth-order valence-electron chi connectivity index (χ4n) is 1.56. The van der Waals surface area contributed by atoms with E-state index < -0.39 is 6.10 Å². The van der Waals surface area contributed by atoms with Crippen LogP contribution in [0.5, 0.6) is 0 Å². The number of nitrogens with two attached hydrogens (primary N) is 1. The van der Waals surface area contributed by atoms with E-state index in [0.717, 1.165) is 0 Å². The van der Waals surface area contributed by atoms with E-state index in [4.69, 9.17) is 15.0 Å². The number of halogens is 2. The Hall–Kier alpha value is -1.50. The van der Waals surface area contributed by atoms with Crippen LogP contribution in [0, 0.1) is 12.7 Å². The molecule has 19 heavy (non-hydrogen) atoms. The van der Waals surface area contributed by atoms with Crippen molar-refractivity contribution < 1.29 is 13.7 Å². The topological polar surface area (TPSA) is 74.2 Å². The molecule has 2 aromatic rings. The summed E-state index contributed by atoms with van der Waals surface area (Å²) in [4.78, 5) is 4.19. The first-order valence-corrected chi connectivity index (χ1v) is 5.48. The van der Waals surface area contributed by atoms with E-state index in [1.165, 1.54) is 13.2 Å². The van der Waals surface area contributed by atoms with Crippen LogP contribution in [0.25, 0.3) is 11.4 Å². The number of nitrogens with zero attached hydrogens (tertiary/aromatic N) is 2. The predicted molar refractivity (Wildman–Crippen MR) is 70.5 cm³/mol. The van der Waals surface area contributed by atoms with Gasteiger partial charge in [-0.3, -0.25) is 0 Å². The molecule has 0 aliphatic rings. The lowest BCUT2D eigenvalue weighted by Gasteiger charge is -2.05. The number of hydrogen-bond acceptors (Lipinski definition) is 5. The monoisotopic (exact) mass is 287 g/mol. The lowest BCUT2D eigenvalue weighted by Crippen LogP contribution is -2.14. The van der Waals surface area contributed by atoms with E-state index in [-0.39, 0.29) is 24.8 Å². The normalized spacial score (nSPS) is 12.0. The highest BCUT2D eigenvalue weighted by Gasteiger charge is 2.17. The summed E-state index contributed by atoms with van der Waals surface area (Å²) >= 11 is 0. The second-order valence-corrected chi connectivity index (χ2v) is 3.88. The second kappa shape index (κ2) is 6.60. The third-order valence-corrected chi connectivity index (χ3v) is 2.63. The number of methoxy groups -OCH3 is 1. The van der Waals surface area contributed by atoms with Crippen LogP contribution in [0.15, 0.2) is 22.7 Å². The number of hydrogen-bond donors (Lipinski definition) is 1. The highest BCUT2D eigenvalue weighted by molar-refractivity contribution is 5.85. The molecule has 2 rings (SSSR count). The zero-order valence-electron chi connectivity index (χ0n) is 10.6. The van der Waals surface area contributed by atoms with Gasteiger partial charge in [0.25, 0.3) is 5.89 Å². The summed E-state index contributed by atoms with van der Waals surface area (Å²) in [5, 5.41) is 3.83. The Labute approximate surface area is 116 Å². The van der Waals surface area contributed by atoms with Crippen LogP contribution in [-0.2, 0) is 4.74 Å². The Kier molecular flexibility index (Phi) is 5.41. The molecule has 5 nitrogen and oxygen atoms in total. The Balaban J connectivity index is 0.00000180. The van der Waals surface area contributed by atoms with Crippen molar-refractivity contribution in [3.05, 3.63) is 35.5 Å². The number of aryl methyl sites for hydroxylation is 1. The molecule has 1 atom stereocenters. The maximum absolute atomic E-state index is 13.2. The Morgan fingerprint density at radius 2 is 2.21 bits per heavy atom. The molecule has 0 bridgehead atoms. The number of ether oxygens (including phenoxy) is 1. The molecule has 1 aromatic heterocycles. The summed E-state index contributed by atoms with van der Waals surface area (Å²) < 4.78 is 23.3. The van der Waals surface area contributed by atoms with Crippen molar-refractivity contribution in [1.82, 2.24) is 10.1 Å². The quantitative estimate of drug-likeness (QED) is 0.933. The van der Waals surface area contributed by atoms with E-state index in [1.807, 2.05) is 0 Å². The van der Waals surface area contributed by atoms with Gasteiger partial charge in [0.05, 0.1) is 0 Å². The molecule has 7 heteroatoms. The van der Waals surface area contributed by atoms with Crippen LogP contribution in [-0.4, -0.2) is 23.8 Å². The third-order valence-electron chi connectivity index (χ3n) is 2.63. The predicted octanol–water partition coefficient (Wildman–Crippen LogP) is 2.25. The van der Waals surface area contributed by atoms with E-state index in [2.05, 4.69) is 10.1 Å². The minimum Gasteiger partial charge on any atom is -0.370 e. The average Bonchev–Trinajstić information content (AvgIpc) is 2.84. The second-order valence-electron chi connectivity index (χ2n) is 3.88. The summed E-state index contributed by atoms with van der Waals surface area (Å²) in [6, 6.07) is 4.63. The van der Waals surface area contributed by atoms with Gasteiger partial charge in [-0.15, -0.1) is 12.4 Å². The molecule has 1 heterocycles. The van der Waals surface area contributed by atoms with Gasteiger partial charge in [-0.1, -0.05) is 5.16 Å². The summed E-state index contributed by atoms with van der Waals surface area (Å²) in [5.41, 5.74) is 6.72. The highest BCUT2D eigenvalue weighted by Crippen LogP contribution is 2.21. The summed E-state index contributed by atoms with van der Waals surface area (Å²) in [6.07, 6.45) is -0.423. The van der Waals surface area contributed by atoms with Crippen LogP contribution < -0.4 is 5.73 Å². The summed E-state index contributed by atoms with van der Waals surface area (Å²) in [6.45, 7) is 1.93. The SMILES string of the molecule is COC(CN)c1nc(-c2ccc(F)c(C)c2)no1.Cl. The molecule has 0 saturated carbocycles. The molecular weight excluding hydrogens is 273 g/mol. The van der Waals surface area contributed by atoms with E-state index in [0.29, 0.717) is 22.8 Å². The molecule has 0 saturated heterocycles. The third kappa shape index (κ3) is 3.28. The molecule has 0 radical (unpaired) electrons. The maximum Gasteiger partial charge on any atom is 0.257 e. The van der Waals surface area contributed by atoms with Crippen LogP contribution >= 0.6 is 12.4 Å². The van der Waals surface area contributed by atoms with E-state index in [1.54, 1.807) is 19.1 Å². The van der Waals surface area contributed by atoms with E-state index in [9.17, 15) is 4.39 Å². The molecule has 1 aromatic carbocycles. The minimum absolute atomic E-state index is 0. The van der Waals surface area contributed by atoms with Crippen molar-refractivity contribution in [3.8, 4) is 11.4 Å². The van der Waals surface area contributed by atoms with Gasteiger partial charge in [0.1, 0.15) is 11.9 Å². The zero-order valence-corrected chi connectivity index (χ0v) is 11.4. The van der Waals surface area contributed by atoms with Gasteiger partial charge < -0.3 is 15.0 Å².